The number of nitrogens with zero attached hydrogens (tertiary/aromatic N) is 3. The lowest BCUT2D eigenvalue weighted by Crippen LogP contribution is -2.19. The van der Waals surface area contributed by atoms with Gasteiger partial charge in [0, 0.05) is 12.2 Å². The highest BCUT2D eigenvalue weighted by molar-refractivity contribution is 5.90. The molecule has 1 aromatic carbocycles. The molecule has 2 rings (SSSR count). The van der Waals surface area contributed by atoms with E-state index in [0.29, 0.717) is 6.54 Å². The second kappa shape index (κ2) is 6.81. The maximum absolute atomic E-state index is 11.9. The third kappa shape index (κ3) is 3.89. The summed E-state index contributed by atoms with van der Waals surface area (Å²) in [4.78, 5) is 11.9. The van der Waals surface area contributed by atoms with Crippen molar-refractivity contribution in [1.82, 2.24) is 20.3 Å². The summed E-state index contributed by atoms with van der Waals surface area (Å²) in [6.07, 6.45) is 2.75. The molecule has 1 amide bonds. The van der Waals surface area contributed by atoms with Gasteiger partial charge in [-0.05, 0) is 31.2 Å². The predicted molar refractivity (Wildman–Crippen MR) is 77.2 cm³/mol. The minimum absolute atomic E-state index is 0.116. The van der Waals surface area contributed by atoms with Gasteiger partial charge in [0.25, 0.3) is 0 Å². The minimum atomic E-state index is -0.116. The normalized spacial score (nSPS) is 10.5. The van der Waals surface area contributed by atoms with Crippen molar-refractivity contribution >= 4 is 11.6 Å². The van der Waals surface area contributed by atoms with E-state index in [-0.39, 0.29) is 12.5 Å². The zero-order valence-electron chi connectivity index (χ0n) is 11.8. The molecule has 20 heavy (non-hydrogen) atoms. The summed E-state index contributed by atoms with van der Waals surface area (Å²) in [7, 11) is 1.84. The van der Waals surface area contributed by atoms with E-state index < -0.39 is 0 Å². The van der Waals surface area contributed by atoms with Crippen LogP contribution in [0, 0.1) is 0 Å². The number of nitrogens with one attached hydrogen (secondary N) is 2. The first-order chi connectivity index (χ1) is 9.71. The lowest BCUT2D eigenvalue weighted by atomic mass is 10.1. The van der Waals surface area contributed by atoms with E-state index in [0.717, 1.165) is 17.8 Å². The second-order valence-corrected chi connectivity index (χ2v) is 4.54. The van der Waals surface area contributed by atoms with Gasteiger partial charge < -0.3 is 10.6 Å². The molecule has 6 nitrogen and oxygen atoms in total. The van der Waals surface area contributed by atoms with Gasteiger partial charge in [-0.3, -0.25) is 4.79 Å². The molecular formula is C14H19N5O. The molecule has 0 unspecified atom stereocenters. The maximum atomic E-state index is 11.9. The Bertz CT molecular complexity index is 561. The van der Waals surface area contributed by atoms with Crippen molar-refractivity contribution in [2.24, 2.45) is 0 Å². The summed E-state index contributed by atoms with van der Waals surface area (Å²) < 4.78 is 1.53. The van der Waals surface area contributed by atoms with Crippen molar-refractivity contribution in [3.63, 3.8) is 0 Å². The Kier molecular flexibility index (Phi) is 4.84. The average Bonchev–Trinajstić information content (AvgIpc) is 2.87. The number of rotatable bonds is 6. The summed E-state index contributed by atoms with van der Waals surface area (Å²) in [5, 5.41) is 13.7. The van der Waals surface area contributed by atoms with Crippen LogP contribution >= 0.6 is 0 Å². The molecule has 0 atom stereocenters. The van der Waals surface area contributed by atoms with Crippen LogP contribution in [0.15, 0.2) is 30.5 Å². The summed E-state index contributed by atoms with van der Waals surface area (Å²) in [6.45, 7) is 2.90. The topological polar surface area (TPSA) is 71.8 Å². The van der Waals surface area contributed by atoms with Gasteiger partial charge in [0.1, 0.15) is 6.54 Å². The smallest absolute Gasteiger partial charge is 0.246 e. The van der Waals surface area contributed by atoms with Gasteiger partial charge in [0.2, 0.25) is 5.91 Å². The van der Waals surface area contributed by atoms with Crippen LogP contribution in [-0.2, 0) is 24.3 Å². The number of aromatic nitrogens is 3. The van der Waals surface area contributed by atoms with Crippen molar-refractivity contribution in [1.29, 1.82) is 0 Å². The van der Waals surface area contributed by atoms with Gasteiger partial charge in [-0.15, -0.1) is 5.10 Å². The quantitative estimate of drug-likeness (QED) is 0.829. The molecule has 0 bridgehead atoms. The third-order valence-electron chi connectivity index (χ3n) is 2.90. The van der Waals surface area contributed by atoms with E-state index in [1.165, 1.54) is 10.2 Å². The molecule has 1 heterocycles. The van der Waals surface area contributed by atoms with Gasteiger partial charge in [-0.25, -0.2) is 4.68 Å². The largest absolute Gasteiger partial charge is 0.324 e. The van der Waals surface area contributed by atoms with Crippen molar-refractivity contribution in [2.45, 2.75) is 26.4 Å². The first-order valence-corrected chi connectivity index (χ1v) is 6.63. The fourth-order valence-electron chi connectivity index (χ4n) is 1.85. The molecule has 0 saturated heterocycles. The molecule has 0 fully saturated rings. The molecule has 2 aromatic rings. The molecule has 0 aliphatic carbocycles. The molecule has 0 spiro atoms. The monoisotopic (exact) mass is 273 g/mol. The van der Waals surface area contributed by atoms with Crippen LogP contribution in [0.25, 0.3) is 0 Å². The lowest BCUT2D eigenvalue weighted by molar-refractivity contribution is -0.116. The zero-order valence-corrected chi connectivity index (χ0v) is 11.8. The van der Waals surface area contributed by atoms with Crippen molar-refractivity contribution in [3.8, 4) is 0 Å². The van der Waals surface area contributed by atoms with E-state index in [1.54, 1.807) is 6.20 Å². The van der Waals surface area contributed by atoms with E-state index in [2.05, 4.69) is 27.9 Å². The second-order valence-electron chi connectivity index (χ2n) is 4.54. The van der Waals surface area contributed by atoms with Gasteiger partial charge in [0.15, 0.2) is 0 Å². The van der Waals surface area contributed by atoms with E-state index in [4.69, 9.17) is 0 Å². The molecule has 0 radical (unpaired) electrons. The fourth-order valence-corrected chi connectivity index (χ4v) is 1.85. The first-order valence-electron chi connectivity index (χ1n) is 6.63. The Hall–Kier alpha value is -2.21. The first kappa shape index (κ1) is 14.2. The average molecular weight is 273 g/mol. The molecule has 2 N–H and O–H groups in total. The molecule has 106 valence electrons. The van der Waals surface area contributed by atoms with Gasteiger partial charge >= 0.3 is 0 Å². The van der Waals surface area contributed by atoms with Crippen LogP contribution in [0.4, 0.5) is 5.69 Å². The number of carbonyl (C=O) groups is 1. The highest BCUT2D eigenvalue weighted by Crippen LogP contribution is 2.09. The summed E-state index contributed by atoms with van der Waals surface area (Å²) in [5.74, 6) is -0.116. The summed E-state index contributed by atoms with van der Waals surface area (Å²) in [6, 6.07) is 7.83. The molecule has 0 aliphatic rings. The molecule has 1 aromatic heterocycles. The zero-order chi connectivity index (χ0) is 14.4. The number of amides is 1. The highest BCUT2D eigenvalue weighted by atomic mass is 16.2. The Morgan fingerprint density at radius 2 is 2.05 bits per heavy atom. The van der Waals surface area contributed by atoms with E-state index in [1.807, 2.05) is 31.3 Å². The van der Waals surface area contributed by atoms with E-state index >= 15 is 0 Å². The SMILES string of the molecule is CCc1ccc(NC(=O)Cn2cc(CNC)nn2)cc1. The third-order valence-corrected chi connectivity index (χ3v) is 2.90. The standard InChI is InChI=1S/C14H19N5O/c1-3-11-4-6-12(7-5-11)16-14(20)10-19-9-13(8-15-2)17-18-19/h4-7,9,15H,3,8,10H2,1-2H3,(H,16,20). The number of carbonyl (C=O) groups excluding carboxylic acids is 1. The highest BCUT2D eigenvalue weighted by Gasteiger charge is 2.06. The van der Waals surface area contributed by atoms with Crippen molar-refractivity contribution in [2.75, 3.05) is 12.4 Å². The minimum Gasteiger partial charge on any atom is -0.324 e. The molecule has 0 aliphatic heterocycles. The summed E-state index contributed by atoms with van der Waals surface area (Å²) in [5.41, 5.74) is 2.85. The van der Waals surface area contributed by atoms with Gasteiger partial charge in [-0.1, -0.05) is 24.3 Å². The van der Waals surface area contributed by atoms with Crippen molar-refractivity contribution in [3.05, 3.63) is 41.7 Å². The Morgan fingerprint density at radius 3 is 2.70 bits per heavy atom. The van der Waals surface area contributed by atoms with Crippen LogP contribution < -0.4 is 10.6 Å². The predicted octanol–water partition coefficient (Wildman–Crippen LogP) is 1.20. The molecule has 0 saturated carbocycles. The van der Waals surface area contributed by atoms with Crippen LogP contribution in [0.1, 0.15) is 18.2 Å². The van der Waals surface area contributed by atoms with Gasteiger partial charge in [-0.2, -0.15) is 0 Å². The number of hydrogen-bond acceptors (Lipinski definition) is 4. The van der Waals surface area contributed by atoms with Gasteiger partial charge in [0.05, 0.1) is 11.9 Å². The molecule has 6 heteroatoms. The number of benzene rings is 1. The Labute approximate surface area is 118 Å². The number of anilines is 1. The van der Waals surface area contributed by atoms with Crippen LogP contribution in [0.2, 0.25) is 0 Å². The van der Waals surface area contributed by atoms with Crippen molar-refractivity contribution < 1.29 is 4.79 Å². The van der Waals surface area contributed by atoms with Crippen LogP contribution in [0.3, 0.4) is 0 Å². The lowest BCUT2D eigenvalue weighted by Gasteiger charge is -2.05. The fraction of sp³-hybridized carbons (Fsp3) is 0.357. The van der Waals surface area contributed by atoms with Crippen LogP contribution in [-0.4, -0.2) is 27.9 Å². The van der Waals surface area contributed by atoms with Crippen LogP contribution in [0.5, 0.6) is 0 Å². The van der Waals surface area contributed by atoms with E-state index in [9.17, 15) is 4.79 Å². The molecular weight excluding hydrogens is 254 g/mol. The Morgan fingerprint density at radius 1 is 1.30 bits per heavy atom. The number of aryl methyl sites for hydroxylation is 1. The number of hydrogen-bond donors (Lipinski definition) is 2. The Balaban J connectivity index is 1.90. The summed E-state index contributed by atoms with van der Waals surface area (Å²) >= 11 is 0. The maximum Gasteiger partial charge on any atom is 0.246 e.